The molecule has 0 fully saturated rings. The Bertz CT molecular complexity index is 672. The van der Waals surface area contributed by atoms with Gasteiger partial charge in [-0.15, -0.1) is 0 Å². The van der Waals surface area contributed by atoms with E-state index < -0.39 is 0 Å². The van der Waals surface area contributed by atoms with Crippen LogP contribution in [0.25, 0.3) is 6.08 Å². The fourth-order valence-electron chi connectivity index (χ4n) is 1.54. The zero-order valence-corrected chi connectivity index (χ0v) is 12.7. The number of carbonyl (C=O) groups excluding carboxylic acids is 2. The lowest BCUT2D eigenvalue weighted by Crippen LogP contribution is -2.21. The zero-order chi connectivity index (χ0) is 15.4. The summed E-state index contributed by atoms with van der Waals surface area (Å²) < 4.78 is 5.09. The summed E-state index contributed by atoms with van der Waals surface area (Å²) in [6, 6.07) is 3.48. The standard InChI is InChI=1S/C14H15N3O3S/c1-9-12(13(19)17(2)3)21-14(15-9)16-11(18)7-6-10-5-4-8-20-10/h4-8H,1-3H3,(H,15,16,18). The lowest BCUT2D eigenvalue weighted by atomic mass is 10.3. The number of carbonyl (C=O) groups is 2. The topological polar surface area (TPSA) is 75.4 Å². The SMILES string of the molecule is Cc1nc(NC(=O)C=Cc2ccco2)sc1C(=O)N(C)C. The summed E-state index contributed by atoms with van der Waals surface area (Å²) in [5, 5.41) is 3.02. The third-order valence-corrected chi connectivity index (χ3v) is 3.63. The number of aryl methyl sites for hydroxylation is 1. The van der Waals surface area contributed by atoms with Crippen molar-refractivity contribution >= 4 is 34.4 Å². The first-order valence-electron chi connectivity index (χ1n) is 6.19. The fraction of sp³-hybridized carbons (Fsp3) is 0.214. The Morgan fingerprint density at radius 2 is 2.19 bits per heavy atom. The van der Waals surface area contributed by atoms with Gasteiger partial charge in [0.05, 0.1) is 12.0 Å². The van der Waals surface area contributed by atoms with Gasteiger partial charge in [0.1, 0.15) is 10.6 Å². The molecule has 0 aromatic carbocycles. The Balaban J connectivity index is 2.05. The Morgan fingerprint density at radius 1 is 1.43 bits per heavy atom. The largest absolute Gasteiger partial charge is 0.465 e. The smallest absolute Gasteiger partial charge is 0.265 e. The van der Waals surface area contributed by atoms with Crippen molar-refractivity contribution in [3.05, 3.63) is 40.8 Å². The average molecular weight is 305 g/mol. The third-order valence-electron chi connectivity index (χ3n) is 2.57. The molecule has 6 nitrogen and oxygen atoms in total. The molecule has 0 aliphatic heterocycles. The van der Waals surface area contributed by atoms with Gasteiger partial charge in [0.25, 0.3) is 5.91 Å². The van der Waals surface area contributed by atoms with Crippen molar-refractivity contribution in [1.82, 2.24) is 9.88 Å². The van der Waals surface area contributed by atoms with E-state index in [2.05, 4.69) is 10.3 Å². The highest BCUT2D eigenvalue weighted by Gasteiger charge is 2.17. The van der Waals surface area contributed by atoms with Crippen molar-refractivity contribution in [2.75, 3.05) is 19.4 Å². The van der Waals surface area contributed by atoms with Gasteiger partial charge in [-0.1, -0.05) is 11.3 Å². The van der Waals surface area contributed by atoms with E-state index in [4.69, 9.17) is 4.42 Å². The fourth-order valence-corrected chi connectivity index (χ4v) is 2.53. The van der Waals surface area contributed by atoms with Crippen molar-refractivity contribution in [2.24, 2.45) is 0 Å². The number of nitrogens with one attached hydrogen (secondary N) is 1. The number of anilines is 1. The number of rotatable bonds is 4. The quantitative estimate of drug-likeness (QED) is 0.880. The molecular weight excluding hydrogens is 290 g/mol. The lowest BCUT2D eigenvalue weighted by Gasteiger charge is -2.07. The lowest BCUT2D eigenvalue weighted by molar-refractivity contribution is -0.111. The molecular formula is C14H15N3O3S. The second-order valence-corrected chi connectivity index (χ2v) is 5.47. The van der Waals surface area contributed by atoms with Crippen molar-refractivity contribution < 1.29 is 14.0 Å². The monoisotopic (exact) mass is 305 g/mol. The van der Waals surface area contributed by atoms with Crippen molar-refractivity contribution in [2.45, 2.75) is 6.92 Å². The molecule has 0 radical (unpaired) electrons. The van der Waals surface area contributed by atoms with E-state index in [0.717, 1.165) is 11.3 Å². The van der Waals surface area contributed by atoms with Gasteiger partial charge < -0.3 is 9.32 Å². The van der Waals surface area contributed by atoms with Crippen LogP contribution in [0, 0.1) is 6.92 Å². The van der Waals surface area contributed by atoms with Gasteiger partial charge in [0.2, 0.25) is 5.91 Å². The molecule has 0 aliphatic carbocycles. The molecule has 0 saturated carbocycles. The molecule has 2 aromatic rings. The van der Waals surface area contributed by atoms with Crippen LogP contribution < -0.4 is 5.32 Å². The van der Waals surface area contributed by atoms with Gasteiger partial charge in [-0.2, -0.15) is 0 Å². The summed E-state index contributed by atoms with van der Waals surface area (Å²) in [5.74, 6) is 0.129. The molecule has 2 rings (SSSR count). The highest BCUT2D eigenvalue weighted by atomic mass is 32.1. The number of aromatic nitrogens is 1. The molecule has 0 aliphatic rings. The first kappa shape index (κ1) is 15.0. The second-order valence-electron chi connectivity index (χ2n) is 4.47. The Labute approximate surface area is 126 Å². The van der Waals surface area contributed by atoms with Crippen molar-refractivity contribution in [3.63, 3.8) is 0 Å². The Hall–Kier alpha value is -2.41. The molecule has 2 aromatic heterocycles. The molecule has 0 spiro atoms. The van der Waals surface area contributed by atoms with Crippen LogP contribution in [-0.4, -0.2) is 35.8 Å². The van der Waals surface area contributed by atoms with Crippen molar-refractivity contribution in [3.8, 4) is 0 Å². The maximum atomic E-state index is 11.9. The van der Waals surface area contributed by atoms with E-state index in [9.17, 15) is 9.59 Å². The van der Waals surface area contributed by atoms with Gasteiger partial charge >= 0.3 is 0 Å². The normalized spacial score (nSPS) is 10.8. The minimum Gasteiger partial charge on any atom is -0.465 e. The van der Waals surface area contributed by atoms with Crippen LogP contribution in [0.3, 0.4) is 0 Å². The van der Waals surface area contributed by atoms with E-state index in [1.54, 1.807) is 39.2 Å². The van der Waals surface area contributed by atoms with Crippen LogP contribution in [-0.2, 0) is 4.79 Å². The number of furan rings is 1. The Kier molecular flexibility index (Phi) is 4.54. The second kappa shape index (κ2) is 6.36. The van der Waals surface area contributed by atoms with E-state index in [-0.39, 0.29) is 11.8 Å². The average Bonchev–Trinajstić information content (AvgIpc) is 3.05. The predicted molar refractivity (Wildman–Crippen MR) is 81.2 cm³/mol. The van der Waals surface area contributed by atoms with Gasteiger partial charge in [-0.25, -0.2) is 4.98 Å². The highest BCUT2D eigenvalue weighted by Crippen LogP contribution is 2.23. The van der Waals surface area contributed by atoms with Crippen molar-refractivity contribution in [1.29, 1.82) is 0 Å². The third kappa shape index (κ3) is 3.79. The van der Waals surface area contributed by atoms with E-state index in [1.807, 2.05) is 0 Å². The van der Waals surface area contributed by atoms with Crippen LogP contribution in [0.15, 0.2) is 28.9 Å². The molecule has 1 N–H and O–H groups in total. The molecule has 110 valence electrons. The molecule has 2 amide bonds. The summed E-state index contributed by atoms with van der Waals surface area (Å²) >= 11 is 1.16. The van der Waals surface area contributed by atoms with Crippen LogP contribution in [0.2, 0.25) is 0 Å². The minimum absolute atomic E-state index is 0.128. The van der Waals surface area contributed by atoms with Crippen LogP contribution in [0.5, 0.6) is 0 Å². The van der Waals surface area contributed by atoms with Gasteiger partial charge in [-0.05, 0) is 25.1 Å². The number of amides is 2. The molecule has 0 atom stereocenters. The van der Waals surface area contributed by atoms with E-state index in [0.29, 0.717) is 21.5 Å². The molecule has 7 heteroatoms. The highest BCUT2D eigenvalue weighted by molar-refractivity contribution is 7.17. The van der Waals surface area contributed by atoms with Gasteiger partial charge in [0, 0.05) is 20.2 Å². The number of thiazole rings is 1. The summed E-state index contributed by atoms with van der Waals surface area (Å²) in [6.45, 7) is 1.74. The number of hydrogen-bond acceptors (Lipinski definition) is 5. The predicted octanol–water partition coefficient (Wildman–Crippen LogP) is 2.40. The zero-order valence-electron chi connectivity index (χ0n) is 11.9. The molecule has 0 unspecified atom stereocenters. The molecule has 0 bridgehead atoms. The Morgan fingerprint density at radius 3 is 2.81 bits per heavy atom. The molecule has 21 heavy (non-hydrogen) atoms. The maximum Gasteiger partial charge on any atom is 0.265 e. The minimum atomic E-state index is -0.330. The first-order chi connectivity index (χ1) is 9.97. The van der Waals surface area contributed by atoms with Crippen LogP contribution >= 0.6 is 11.3 Å². The van der Waals surface area contributed by atoms with E-state index in [1.165, 1.54) is 17.2 Å². The summed E-state index contributed by atoms with van der Waals surface area (Å²) in [4.78, 5) is 29.8. The summed E-state index contributed by atoms with van der Waals surface area (Å²) in [7, 11) is 3.34. The molecule has 0 saturated heterocycles. The van der Waals surface area contributed by atoms with Crippen LogP contribution in [0.4, 0.5) is 5.13 Å². The van der Waals surface area contributed by atoms with E-state index >= 15 is 0 Å². The number of nitrogens with zero attached hydrogens (tertiary/aromatic N) is 2. The summed E-state index contributed by atoms with van der Waals surface area (Å²) in [5.41, 5.74) is 0.601. The van der Waals surface area contributed by atoms with Crippen LogP contribution in [0.1, 0.15) is 21.1 Å². The summed E-state index contributed by atoms with van der Waals surface area (Å²) in [6.07, 6.45) is 4.44. The number of hydrogen-bond donors (Lipinski definition) is 1. The van der Waals surface area contributed by atoms with Gasteiger partial charge in [-0.3, -0.25) is 14.9 Å². The maximum absolute atomic E-state index is 11.9. The molecule has 2 heterocycles. The van der Waals surface area contributed by atoms with Gasteiger partial charge in [0.15, 0.2) is 5.13 Å². The first-order valence-corrected chi connectivity index (χ1v) is 7.00.